The number of carbonyl (C=O) groups excluding carboxylic acids is 2. The number of carbonyl (C=O) groups is 2. The summed E-state index contributed by atoms with van der Waals surface area (Å²) in [5.74, 6) is -3.14. The summed E-state index contributed by atoms with van der Waals surface area (Å²) in [6.07, 6.45) is 4.18. The minimum Gasteiger partial charge on any atom is -0.497 e. The van der Waals surface area contributed by atoms with Crippen molar-refractivity contribution in [3.63, 3.8) is 0 Å². The first-order valence-corrected chi connectivity index (χ1v) is 11.7. The van der Waals surface area contributed by atoms with Gasteiger partial charge in [-0.3, -0.25) is 9.59 Å². The zero-order valence-electron chi connectivity index (χ0n) is 19.1. The second kappa shape index (κ2) is 11.9. The molecule has 1 N–H and O–H groups in total. The highest BCUT2D eigenvalue weighted by molar-refractivity contribution is 7.99. The van der Waals surface area contributed by atoms with E-state index in [4.69, 9.17) is 14.2 Å². The quantitative estimate of drug-likeness (QED) is 0.285. The van der Waals surface area contributed by atoms with Crippen LogP contribution in [-0.4, -0.2) is 44.5 Å². The molecule has 0 spiro atoms. The van der Waals surface area contributed by atoms with Crippen LogP contribution in [-0.2, 0) is 9.53 Å². The lowest BCUT2D eigenvalue weighted by Crippen LogP contribution is -2.34. The van der Waals surface area contributed by atoms with Crippen molar-refractivity contribution in [3.8, 4) is 11.5 Å². The van der Waals surface area contributed by atoms with Crippen LogP contribution in [0.5, 0.6) is 11.5 Å². The van der Waals surface area contributed by atoms with Crippen LogP contribution >= 0.6 is 11.8 Å². The smallest absolute Gasteiger partial charge is 0.314 e. The van der Waals surface area contributed by atoms with E-state index < -0.39 is 17.6 Å². The van der Waals surface area contributed by atoms with Crippen molar-refractivity contribution in [1.29, 1.82) is 0 Å². The van der Waals surface area contributed by atoms with Gasteiger partial charge in [-0.25, -0.2) is 0 Å². The second-order valence-electron chi connectivity index (χ2n) is 7.61. The number of thioether (sulfide) groups is 1. The lowest BCUT2D eigenvalue weighted by molar-refractivity contribution is -0.146. The number of rotatable bonds is 10. The van der Waals surface area contributed by atoms with E-state index >= 15 is 0 Å². The first-order chi connectivity index (χ1) is 16.4. The summed E-state index contributed by atoms with van der Waals surface area (Å²) in [6, 6.07) is 11.0. The molecular formula is C25H27F2NO5S. The number of benzene rings is 2. The summed E-state index contributed by atoms with van der Waals surface area (Å²) in [5, 5.41) is 2.90. The second-order valence-corrected chi connectivity index (χ2v) is 8.67. The molecular weight excluding hydrogens is 464 g/mol. The summed E-state index contributed by atoms with van der Waals surface area (Å²) < 4.78 is 41.5. The van der Waals surface area contributed by atoms with Crippen LogP contribution in [0.2, 0.25) is 0 Å². The highest BCUT2D eigenvalue weighted by atomic mass is 32.2. The number of hydrogen-bond acceptors (Lipinski definition) is 6. The number of alkyl halides is 2. The fourth-order valence-corrected chi connectivity index (χ4v) is 4.55. The van der Waals surface area contributed by atoms with Crippen molar-refractivity contribution >= 4 is 23.6 Å². The van der Waals surface area contributed by atoms with Gasteiger partial charge in [0, 0.05) is 22.1 Å². The van der Waals surface area contributed by atoms with E-state index in [1.54, 1.807) is 44.4 Å². The fourth-order valence-electron chi connectivity index (χ4n) is 3.99. The third-order valence-corrected chi connectivity index (χ3v) is 6.20. The molecule has 3 rings (SSSR count). The molecule has 2 aromatic carbocycles. The molecule has 182 valence electrons. The van der Waals surface area contributed by atoms with E-state index in [0.29, 0.717) is 45.7 Å². The van der Waals surface area contributed by atoms with Crippen LogP contribution in [0, 0.1) is 5.92 Å². The molecule has 34 heavy (non-hydrogen) atoms. The maximum absolute atomic E-state index is 13.0. The molecule has 0 fully saturated rings. The van der Waals surface area contributed by atoms with Gasteiger partial charge in [-0.15, -0.1) is 0 Å². The summed E-state index contributed by atoms with van der Waals surface area (Å²) in [7, 11) is 3.07. The van der Waals surface area contributed by atoms with E-state index in [9.17, 15) is 18.4 Å². The predicted molar refractivity (Wildman–Crippen MR) is 126 cm³/mol. The number of halogens is 2. The standard InChI is InChI=1S/C25H27F2NO5S/c1-4-33-24(30)22(20-14-18(31-2)10-11-21(20)32-3)15-8-9-17(12-15)28-23(29)16-6-5-7-19(13-16)34-25(26)27/h5-11,13-15,17,22,25H,4,12H2,1-3H3,(H,28,29)/t15-,17+,22+/m1/s1. The molecule has 9 heteroatoms. The van der Waals surface area contributed by atoms with Crippen LogP contribution in [0.1, 0.15) is 35.2 Å². The van der Waals surface area contributed by atoms with Crippen molar-refractivity contribution < 1.29 is 32.6 Å². The Bertz CT molecular complexity index is 1050. The Hall–Kier alpha value is -3.07. The van der Waals surface area contributed by atoms with Crippen molar-refractivity contribution in [2.75, 3.05) is 20.8 Å². The van der Waals surface area contributed by atoms with Crippen molar-refractivity contribution in [2.24, 2.45) is 5.92 Å². The molecule has 0 saturated carbocycles. The van der Waals surface area contributed by atoms with Crippen molar-refractivity contribution in [2.45, 2.75) is 36.0 Å². The monoisotopic (exact) mass is 491 g/mol. The molecule has 0 heterocycles. The number of nitrogens with one attached hydrogen (secondary N) is 1. The zero-order chi connectivity index (χ0) is 24.7. The lowest BCUT2D eigenvalue weighted by Gasteiger charge is -2.24. The fraction of sp³-hybridized carbons (Fsp3) is 0.360. The Morgan fingerprint density at radius 3 is 2.59 bits per heavy atom. The third kappa shape index (κ3) is 6.28. The average molecular weight is 492 g/mol. The molecule has 1 aliphatic rings. The normalized spacial score (nSPS) is 17.9. The van der Waals surface area contributed by atoms with Gasteiger partial charge < -0.3 is 19.5 Å². The number of amides is 1. The third-order valence-electron chi connectivity index (χ3n) is 5.50. The summed E-state index contributed by atoms with van der Waals surface area (Å²) in [4.78, 5) is 26.0. The van der Waals surface area contributed by atoms with Gasteiger partial charge in [0.25, 0.3) is 11.7 Å². The Kier molecular flexibility index (Phi) is 8.92. The highest BCUT2D eigenvalue weighted by Gasteiger charge is 2.36. The van der Waals surface area contributed by atoms with Crippen LogP contribution in [0.4, 0.5) is 8.78 Å². The number of allylic oxidation sites excluding steroid dienone is 1. The summed E-state index contributed by atoms with van der Waals surface area (Å²) in [6.45, 7) is 1.97. The van der Waals surface area contributed by atoms with E-state index in [1.807, 2.05) is 12.2 Å². The maximum Gasteiger partial charge on any atom is 0.314 e. The van der Waals surface area contributed by atoms with Gasteiger partial charge in [-0.05, 0) is 55.7 Å². The van der Waals surface area contributed by atoms with Crippen molar-refractivity contribution in [1.82, 2.24) is 5.32 Å². The lowest BCUT2D eigenvalue weighted by atomic mass is 9.84. The van der Waals surface area contributed by atoms with Gasteiger partial charge in [-0.1, -0.05) is 30.0 Å². The van der Waals surface area contributed by atoms with Crippen molar-refractivity contribution in [3.05, 3.63) is 65.7 Å². The first-order valence-electron chi connectivity index (χ1n) is 10.8. The molecule has 1 aliphatic carbocycles. The van der Waals surface area contributed by atoms with E-state index in [-0.39, 0.29) is 24.5 Å². The minimum atomic E-state index is -2.56. The number of ether oxygens (including phenoxy) is 3. The molecule has 0 aliphatic heterocycles. The van der Waals surface area contributed by atoms with E-state index in [1.165, 1.54) is 19.2 Å². The number of methoxy groups -OCH3 is 2. The van der Waals surface area contributed by atoms with E-state index in [0.717, 1.165) is 0 Å². The molecule has 3 atom stereocenters. The van der Waals surface area contributed by atoms with Gasteiger partial charge in [-0.2, -0.15) is 8.78 Å². The zero-order valence-corrected chi connectivity index (χ0v) is 19.9. The molecule has 0 radical (unpaired) electrons. The van der Waals surface area contributed by atoms with Gasteiger partial charge in [0.05, 0.1) is 26.7 Å². The Morgan fingerprint density at radius 2 is 1.91 bits per heavy atom. The number of esters is 1. The van der Waals surface area contributed by atoms with Crippen LogP contribution in [0.15, 0.2) is 59.5 Å². The maximum atomic E-state index is 13.0. The Balaban J connectivity index is 1.78. The molecule has 0 unspecified atom stereocenters. The minimum absolute atomic E-state index is 0.227. The predicted octanol–water partition coefficient (Wildman–Crippen LogP) is 5.04. The number of hydrogen-bond donors (Lipinski definition) is 1. The molecule has 6 nitrogen and oxygen atoms in total. The topological polar surface area (TPSA) is 73.9 Å². The largest absolute Gasteiger partial charge is 0.497 e. The van der Waals surface area contributed by atoms with Gasteiger partial charge in [0.1, 0.15) is 11.5 Å². The molecule has 1 amide bonds. The highest BCUT2D eigenvalue weighted by Crippen LogP contribution is 2.40. The Morgan fingerprint density at radius 1 is 1.12 bits per heavy atom. The summed E-state index contributed by atoms with van der Waals surface area (Å²) in [5.41, 5.74) is 0.928. The van der Waals surface area contributed by atoms with Crippen LogP contribution < -0.4 is 14.8 Å². The van der Waals surface area contributed by atoms with Gasteiger partial charge in [0.2, 0.25) is 0 Å². The molecule has 0 bridgehead atoms. The first kappa shape index (κ1) is 25.6. The van der Waals surface area contributed by atoms with Gasteiger partial charge >= 0.3 is 5.97 Å². The van der Waals surface area contributed by atoms with Gasteiger partial charge in [0.15, 0.2) is 0 Å². The molecule has 0 aromatic heterocycles. The Labute approximate surface area is 201 Å². The van der Waals surface area contributed by atoms with E-state index in [2.05, 4.69) is 5.32 Å². The summed E-state index contributed by atoms with van der Waals surface area (Å²) >= 11 is 0.388. The molecule has 2 aromatic rings. The molecule has 0 saturated heterocycles. The van der Waals surface area contributed by atoms with Crippen LogP contribution in [0.3, 0.4) is 0 Å². The average Bonchev–Trinajstić information content (AvgIpc) is 3.26. The SMILES string of the molecule is CCOC(=O)[C@H](c1cc(OC)ccc1OC)[C@@H]1C=C[C@H](NC(=O)c2cccc(SC(F)F)c2)C1. The van der Waals surface area contributed by atoms with Crippen LogP contribution in [0.25, 0.3) is 0 Å².